The number of alkyl halides is 6. The van der Waals surface area contributed by atoms with E-state index < -0.39 is 23.5 Å². The lowest BCUT2D eigenvalue weighted by atomic mass is 10.1. The fourth-order valence-corrected chi connectivity index (χ4v) is 3.99. The van der Waals surface area contributed by atoms with Crippen molar-refractivity contribution in [3.8, 4) is 11.8 Å². The second-order valence-electron chi connectivity index (χ2n) is 9.11. The first-order valence-corrected chi connectivity index (χ1v) is 12.1. The first kappa shape index (κ1) is 28.8. The molecular formula is C27H19F6N9O. The number of halogens is 6. The van der Waals surface area contributed by atoms with Gasteiger partial charge in [-0.15, -0.1) is 0 Å². The maximum Gasteiger partial charge on any atom is 0.417 e. The van der Waals surface area contributed by atoms with E-state index in [0.29, 0.717) is 17.3 Å². The van der Waals surface area contributed by atoms with Crippen molar-refractivity contribution in [1.82, 2.24) is 19.8 Å². The number of pyridine rings is 3. The number of nitrogens with zero attached hydrogens (tertiary/aromatic N) is 5. The van der Waals surface area contributed by atoms with Crippen LogP contribution in [0.15, 0.2) is 70.8 Å². The number of benzene rings is 1. The molecule has 0 saturated carbocycles. The lowest BCUT2D eigenvalue weighted by molar-refractivity contribution is -0.138. The predicted octanol–water partition coefficient (Wildman–Crippen LogP) is 5.14. The summed E-state index contributed by atoms with van der Waals surface area (Å²) in [7, 11) is 0. The summed E-state index contributed by atoms with van der Waals surface area (Å²) in [6, 6.07) is 7.32. The summed E-state index contributed by atoms with van der Waals surface area (Å²) in [5, 5.41) is 13.0. The number of hydrogen-bond donors (Lipinski definition) is 4. The van der Waals surface area contributed by atoms with Crippen LogP contribution >= 0.6 is 0 Å². The lowest BCUT2D eigenvalue weighted by Gasteiger charge is -2.12. The second kappa shape index (κ2) is 10.9. The fourth-order valence-electron chi connectivity index (χ4n) is 3.99. The summed E-state index contributed by atoms with van der Waals surface area (Å²) in [6.45, 7) is 1.51. The van der Waals surface area contributed by atoms with Crippen molar-refractivity contribution in [1.29, 1.82) is 0 Å². The third-order valence-corrected chi connectivity index (χ3v) is 5.92. The zero-order valence-corrected chi connectivity index (χ0v) is 21.8. The molecule has 0 amide bonds. The quantitative estimate of drug-likeness (QED) is 0.0962. The molecule has 5 rings (SSSR count). The van der Waals surface area contributed by atoms with Gasteiger partial charge in [0.2, 0.25) is 11.4 Å². The maximum atomic E-state index is 13.4. The molecule has 0 unspecified atom stereocenters. The second-order valence-corrected chi connectivity index (χ2v) is 9.11. The molecule has 220 valence electrons. The van der Waals surface area contributed by atoms with Crippen LogP contribution in [0.4, 0.5) is 49.2 Å². The van der Waals surface area contributed by atoms with Gasteiger partial charge in [-0.1, -0.05) is 17.0 Å². The Morgan fingerprint density at radius 3 is 2.35 bits per heavy atom. The van der Waals surface area contributed by atoms with Crippen molar-refractivity contribution in [3.05, 3.63) is 94.5 Å². The highest BCUT2D eigenvalue weighted by molar-refractivity contribution is 5.94. The van der Waals surface area contributed by atoms with Crippen LogP contribution in [0.5, 0.6) is 0 Å². The summed E-state index contributed by atoms with van der Waals surface area (Å²) < 4.78 is 86.5. The zero-order chi connectivity index (χ0) is 30.9. The Labute approximate surface area is 238 Å². The van der Waals surface area contributed by atoms with Crippen LogP contribution in [0.1, 0.15) is 27.8 Å². The standard InChI is InChI=1S/C27H19F6N9O/c1-14-6-16(26(28,29)30)8-18(7-14)39-25-23-24(43-41-25)20(4-2-15-3-5-22(40-34)42(35)13-15)21(12-37-23)38-19-9-17(10-36-11-19)27(31,32)33/h3,5-13,38H,34-35H2,1H3,(H,39,41)/b40-22-. The normalized spacial score (nSPS) is 12.2. The summed E-state index contributed by atoms with van der Waals surface area (Å²) in [6.07, 6.45) is -4.66. The number of anilines is 4. The highest BCUT2D eigenvalue weighted by atomic mass is 19.4. The van der Waals surface area contributed by atoms with Gasteiger partial charge >= 0.3 is 12.4 Å². The molecule has 0 fully saturated rings. The third-order valence-electron chi connectivity index (χ3n) is 5.92. The van der Waals surface area contributed by atoms with Crippen molar-refractivity contribution >= 4 is 34.0 Å². The molecular weight excluding hydrogens is 580 g/mol. The van der Waals surface area contributed by atoms with Crippen LogP contribution in [0, 0.1) is 18.8 Å². The minimum atomic E-state index is -4.64. The van der Waals surface area contributed by atoms with Gasteiger partial charge in [0, 0.05) is 23.6 Å². The molecule has 5 aromatic rings. The molecule has 0 saturated heterocycles. The zero-order valence-electron chi connectivity index (χ0n) is 21.8. The van der Waals surface area contributed by atoms with Crippen LogP contribution in [-0.2, 0) is 12.4 Å². The van der Waals surface area contributed by atoms with Crippen LogP contribution in [-0.4, -0.2) is 19.8 Å². The van der Waals surface area contributed by atoms with E-state index in [1.807, 2.05) is 0 Å². The van der Waals surface area contributed by atoms with E-state index in [-0.39, 0.29) is 45.0 Å². The fraction of sp³-hybridized carbons (Fsp3) is 0.111. The number of fused-ring (bicyclic) bond motifs is 1. The van der Waals surface area contributed by atoms with Gasteiger partial charge in [0.05, 0.1) is 40.5 Å². The van der Waals surface area contributed by atoms with Crippen LogP contribution in [0.2, 0.25) is 0 Å². The summed E-state index contributed by atoms with van der Waals surface area (Å²) in [4.78, 5) is 7.93. The molecule has 0 aliphatic carbocycles. The molecule has 0 spiro atoms. The number of nitrogens with one attached hydrogen (secondary N) is 2. The molecule has 16 heteroatoms. The minimum absolute atomic E-state index is 0.00200. The summed E-state index contributed by atoms with van der Waals surface area (Å²) >= 11 is 0. The molecule has 0 atom stereocenters. The molecule has 4 heterocycles. The third kappa shape index (κ3) is 6.30. The molecule has 0 aliphatic heterocycles. The first-order chi connectivity index (χ1) is 20.3. The van der Waals surface area contributed by atoms with E-state index >= 15 is 0 Å². The molecule has 1 aromatic carbocycles. The highest BCUT2D eigenvalue weighted by Gasteiger charge is 2.32. The number of aromatic nitrogens is 4. The topological polar surface area (TPSA) is 145 Å². The number of rotatable bonds is 4. The SMILES string of the molecule is Cc1cc(Nc2noc3c(C#Cc4cc/c(=N/N)n(N)c4)c(Nc4cncc(C(F)(F)F)c4)cnc23)cc(C(F)(F)F)c1. The van der Waals surface area contributed by atoms with Gasteiger partial charge in [0.1, 0.15) is 0 Å². The Bertz CT molecular complexity index is 1970. The van der Waals surface area contributed by atoms with Gasteiger partial charge in [0.15, 0.2) is 11.0 Å². The summed E-state index contributed by atoms with van der Waals surface area (Å²) in [5.41, 5.74) is -0.443. The molecule has 4 aromatic heterocycles. The molecule has 0 bridgehead atoms. The number of nitrogen functional groups attached to an aromatic ring is 1. The minimum Gasteiger partial charge on any atom is -0.352 e. The van der Waals surface area contributed by atoms with E-state index in [1.165, 1.54) is 37.6 Å². The Morgan fingerprint density at radius 2 is 1.65 bits per heavy atom. The van der Waals surface area contributed by atoms with Crippen molar-refractivity contribution in [2.75, 3.05) is 16.5 Å². The summed E-state index contributed by atoms with van der Waals surface area (Å²) in [5.74, 6) is 16.8. The monoisotopic (exact) mass is 599 g/mol. The Morgan fingerprint density at radius 1 is 0.907 bits per heavy atom. The maximum absolute atomic E-state index is 13.4. The molecule has 10 nitrogen and oxygen atoms in total. The van der Waals surface area contributed by atoms with Crippen LogP contribution in [0.25, 0.3) is 11.1 Å². The molecule has 6 N–H and O–H groups in total. The predicted molar refractivity (Wildman–Crippen MR) is 144 cm³/mol. The van der Waals surface area contributed by atoms with Crippen molar-refractivity contribution in [3.63, 3.8) is 0 Å². The van der Waals surface area contributed by atoms with Crippen molar-refractivity contribution < 1.29 is 30.9 Å². The number of aryl methyl sites for hydroxylation is 1. The Balaban J connectivity index is 1.60. The molecule has 0 aliphatic rings. The smallest absolute Gasteiger partial charge is 0.352 e. The van der Waals surface area contributed by atoms with E-state index in [4.69, 9.17) is 16.2 Å². The van der Waals surface area contributed by atoms with Crippen molar-refractivity contribution in [2.45, 2.75) is 19.3 Å². The number of nitrogens with two attached hydrogens (primary N) is 2. The van der Waals surface area contributed by atoms with Crippen LogP contribution < -0.4 is 27.8 Å². The first-order valence-electron chi connectivity index (χ1n) is 12.1. The van der Waals surface area contributed by atoms with Gasteiger partial charge in [0.25, 0.3) is 0 Å². The highest BCUT2D eigenvalue weighted by Crippen LogP contribution is 2.36. The van der Waals surface area contributed by atoms with Gasteiger partial charge in [-0.3, -0.25) is 4.98 Å². The van der Waals surface area contributed by atoms with Crippen LogP contribution in [0.3, 0.4) is 0 Å². The Kier molecular flexibility index (Phi) is 7.32. The average Bonchev–Trinajstić information content (AvgIpc) is 3.34. The van der Waals surface area contributed by atoms with E-state index in [9.17, 15) is 26.3 Å². The number of hydrogen-bond acceptors (Lipinski definition) is 9. The van der Waals surface area contributed by atoms with E-state index in [1.54, 1.807) is 6.07 Å². The van der Waals surface area contributed by atoms with Gasteiger partial charge < -0.3 is 26.8 Å². The molecule has 43 heavy (non-hydrogen) atoms. The molecule has 0 radical (unpaired) electrons. The van der Waals surface area contributed by atoms with E-state index in [2.05, 4.69) is 42.7 Å². The Hall–Kier alpha value is -5.72. The van der Waals surface area contributed by atoms with Gasteiger partial charge in [-0.05, 0) is 48.9 Å². The van der Waals surface area contributed by atoms with Crippen molar-refractivity contribution in [2.24, 2.45) is 10.9 Å². The average molecular weight is 599 g/mol. The largest absolute Gasteiger partial charge is 0.417 e. The van der Waals surface area contributed by atoms with Gasteiger partial charge in [-0.25, -0.2) is 9.66 Å². The lowest BCUT2D eigenvalue weighted by Crippen LogP contribution is -2.28. The van der Waals surface area contributed by atoms with E-state index in [0.717, 1.165) is 22.9 Å². The van der Waals surface area contributed by atoms with Gasteiger partial charge in [-0.2, -0.15) is 31.4 Å².